The Balaban J connectivity index is 2.08. The molecule has 8 radical (unpaired) electrons. The van der Waals surface area contributed by atoms with Crippen LogP contribution in [0.4, 0.5) is 0 Å². The predicted molar refractivity (Wildman–Crippen MR) is 110 cm³/mol. The van der Waals surface area contributed by atoms with Crippen LogP contribution < -0.4 is 21.9 Å². The van der Waals surface area contributed by atoms with Gasteiger partial charge in [0.2, 0.25) is 0 Å². The lowest BCUT2D eigenvalue weighted by atomic mass is 9.66. The van der Waals surface area contributed by atoms with E-state index in [9.17, 15) is 0 Å². The summed E-state index contributed by atoms with van der Waals surface area (Å²) in [5.74, 6) is 0. The van der Waals surface area contributed by atoms with Crippen LogP contribution in [0.15, 0.2) is 36.4 Å². The Morgan fingerprint density at radius 2 is 1.38 bits per heavy atom. The van der Waals surface area contributed by atoms with E-state index in [4.69, 9.17) is 31.4 Å². The van der Waals surface area contributed by atoms with Gasteiger partial charge in [0.1, 0.15) is 31.4 Å². The Bertz CT molecular complexity index is 1300. The quantitative estimate of drug-likeness (QED) is 0.408. The number of fused-ring (bicyclic) bond motifs is 7. The molecule has 0 bridgehead atoms. The largest absolute Gasteiger partial charge is 0.353 e. The lowest BCUT2D eigenvalue weighted by molar-refractivity contribution is 1.57. The van der Waals surface area contributed by atoms with E-state index in [0.717, 1.165) is 31.2 Å². The van der Waals surface area contributed by atoms with Gasteiger partial charge in [0.05, 0.1) is 10.2 Å². The summed E-state index contributed by atoms with van der Waals surface area (Å²) in [6.45, 7) is 0. The van der Waals surface area contributed by atoms with Crippen LogP contribution in [0.3, 0.4) is 0 Å². The van der Waals surface area contributed by atoms with Gasteiger partial charge < -0.3 is 4.98 Å². The first-order valence-electron chi connectivity index (χ1n) is 7.55. The zero-order valence-corrected chi connectivity index (χ0v) is 13.5. The summed E-state index contributed by atoms with van der Waals surface area (Å²) >= 11 is 1.60. The second-order valence-electron chi connectivity index (χ2n) is 6.00. The maximum Gasteiger partial charge on any atom is 0.114 e. The Labute approximate surface area is 148 Å². The highest BCUT2D eigenvalue weighted by molar-refractivity contribution is 7.28. The van der Waals surface area contributed by atoms with Crippen LogP contribution in [0.2, 0.25) is 0 Å². The van der Waals surface area contributed by atoms with Crippen molar-refractivity contribution in [3.63, 3.8) is 0 Å². The van der Waals surface area contributed by atoms with Gasteiger partial charge in [0, 0.05) is 26.4 Å². The van der Waals surface area contributed by atoms with E-state index in [1.165, 1.54) is 10.8 Å². The second-order valence-corrected chi connectivity index (χ2v) is 7.02. The summed E-state index contributed by atoms with van der Waals surface area (Å²) in [6.07, 6.45) is 0. The summed E-state index contributed by atoms with van der Waals surface area (Å²) in [5.41, 5.74) is 3.92. The third kappa shape index (κ3) is 1.65. The monoisotopic (exact) mass is 313 g/mol. The molecule has 0 atom stereocenters. The van der Waals surface area contributed by atoms with Gasteiger partial charge in [-0.05, 0) is 11.5 Å². The normalized spacial score (nSPS) is 12.0. The van der Waals surface area contributed by atoms with Crippen LogP contribution >= 0.6 is 11.3 Å². The minimum Gasteiger partial charge on any atom is -0.353 e. The third-order valence-electron chi connectivity index (χ3n) is 4.72. The molecular formula is C18H7B4NS. The van der Waals surface area contributed by atoms with Crippen molar-refractivity contribution in [1.82, 2.24) is 4.98 Å². The van der Waals surface area contributed by atoms with Gasteiger partial charge in [0.25, 0.3) is 0 Å². The smallest absolute Gasteiger partial charge is 0.114 e. The highest BCUT2D eigenvalue weighted by atomic mass is 32.1. The van der Waals surface area contributed by atoms with E-state index in [-0.39, 0.29) is 0 Å². The maximum absolute atomic E-state index is 6.25. The molecular weight excluding hydrogens is 306 g/mol. The maximum atomic E-state index is 6.25. The molecule has 0 fully saturated rings. The SMILES string of the molecule is [B]c1c([B])c([B])c2c(sc3c2ccc2c4ccccc4[nH]c23)c1[B]. The summed E-state index contributed by atoms with van der Waals surface area (Å²) in [7, 11) is 24.5. The molecule has 0 saturated carbocycles. The lowest BCUT2D eigenvalue weighted by Crippen LogP contribution is -2.47. The molecule has 2 heterocycles. The van der Waals surface area contributed by atoms with E-state index >= 15 is 0 Å². The molecule has 1 nitrogen and oxygen atoms in total. The number of benzene rings is 3. The number of aromatic nitrogens is 1. The van der Waals surface area contributed by atoms with Gasteiger partial charge in [-0.15, -0.1) is 22.3 Å². The van der Waals surface area contributed by atoms with Crippen molar-refractivity contribution >= 4 is 107 Å². The number of rotatable bonds is 0. The first kappa shape index (κ1) is 14.3. The molecule has 24 heavy (non-hydrogen) atoms. The Kier molecular flexibility index (Phi) is 2.82. The van der Waals surface area contributed by atoms with Crippen LogP contribution in [0.5, 0.6) is 0 Å². The van der Waals surface area contributed by atoms with Crippen molar-refractivity contribution in [2.24, 2.45) is 0 Å². The molecule has 0 aliphatic rings. The van der Waals surface area contributed by atoms with Crippen LogP contribution in [0, 0.1) is 0 Å². The van der Waals surface area contributed by atoms with Crippen LogP contribution in [-0.4, -0.2) is 36.4 Å². The van der Waals surface area contributed by atoms with E-state index in [1.807, 2.05) is 12.1 Å². The van der Waals surface area contributed by atoms with Gasteiger partial charge in [0.15, 0.2) is 0 Å². The van der Waals surface area contributed by atoms with Crippen molar-refractivity contribution in [3.05, 3.63) is 36.4 Å². The fraction of sp³-hybridized carbons (Fsp3) is 0. The molecule has 102 valence electrons. The molecule has 0 unspecified atom stereocenters. The number of H-pyrrole nitrogens is 1. The Morgan fingerprint density at radius 1 is 0.667 bits per heavy atom. The topological polar surface area (TPSA) is 15.8 Å². The van der Waals surface area contributed by atoms with E-state index in [0.29, 0.717) is 21.9 Å². The number of para-hydroxylation sites is 1. The third-order valence-corrected chi connectivity index (χ3v) is 5.98. The Hall–Kier alpha value is -2.06. The van der Waals surface area contributed by atoms with Gasteiger partial charge in [-0.3, -0.25) is 0 Å². The predicted octanol–water partition coefficient (Wildman–Crippen LogP) is 0.864. The van der Waals surface area contributed by atoms with Crippen LogP contribution in [0.1, 0.15) is 0 Å². The highest BCUT2D eigenvalue weighted by Gasteiger charge is 2.16. The average Bonchev–Trinajstić information content (AvgIpc) is 3.16. The van der Waals surface area contributed by atoms with Crippen molar-refractivity contribution in [3.8, 4) is 0 Å². The molecule has 3 aromatic carbocycles. The molecule has 0 saturated heterocycles. The zero-order valence-electron chi connectivity index (χ0n) is 12.7. The summed E-state index contributed by atoms with van der Waals surface area (Å²) < 4.78 is 2.00. The minimum absolute atomic E-state index is 0.358. The second kappa shape index (κ2) is 4.73. The van der Waals surface area contributed by atoms with E-state index < -0.39 is 0 Å². The average molecular weight is 313 g/mol. The van der Waals surface area contributed by atoms with E-state index in [2.05, 4.69) is 29.2 Å². The fourth-order valence-electron chi connectivity index (χ4n) is 3.48. The van der Waals surface area contributed by atoms with E-state index in [1.54, 1.807) is 11.3 Å². The molecule has 5 aromatic rings. The number of aromatic amines is 1. The number of hydrogen-bond acceptors (Lipinski definition) is 1. The van der Waals surface area contributed by atoms with Gasteiger partial charge in [-0.2, -0.15) is 0 Å². The summed E-state index contributed by atoms with van der Waals surface area (Å²) in [4.78, 5) is 3.52. The summed E-state index contributed by atoms with van der Waals surface area (Å²) in [6, 6.07) is 12.5. The van der Waals surface area contributed by atoms with Gasteiger partial charge in [-0.1, -0.05) is 41.3 Å². The molecule has 6 heteroatoms. The number of nitrogens with one attached hydrogen (secondary N) is 1. The van der Waals surface area contributed by atoms with Crippen LogP contribution in [0.25, 0.3) is 42.0 Å². The highest BCUT2D eigenvalue weighted by Crippen LogP contribution is 2.38. The number of thiophene rings is 1. The van der Waals surface area contributed by atoms with Gasteiger partial charge in [-0.25, -0.2) is 0 Å². The standard InChI is InChI=1S/C18H7B4NS/c19-12-11-9-6-5-8-7-3-1-2-4-10(7)23-16(8)17(9)24-18(11)15(22)14(21)13(12)20/h1-6,23H. The molecule has 2 aromatic heterocycles. The van der Waals surface area contributed by atoms with Crippen molar-refractivity contribution < 1.29 is 0 Å². The molecule has 5 rings (SSSR count). The fourth-order valence-corrected chi connectivity index (χ4v) is 4.76. The molecule has 0 amide bonds. The van der Waals surface area contributed by atoms with Crippen molar-refractivity contribution in [2.45, 2.75) is 0 Å². The number of hydrogen-bond donors (Lipinski definition) is 1. The lowest BCUT2D eigenvalue weighted by Gasteiger charge is -2.12. The zero-order chi connectivity index (χ0) is 16.6. The van der Waals surface area contributed by atoms with Crippen LogP contribution in [-0.2, 0) is 0 Å². The summed E-state index contributed by atoms with van der Waals surface area (Å²) in [5, 5.41) is 4.32. The first-order chi connectivity index (χ1) is 11.6. The Morgan fingerprint density at radius 3 is 2.21 bits per heavy atom. The molecule has 0 aliphatic carbocycles. The molecule has 0 aliphatic heterocycles. The van der Waals surface area contributed by atoms with Crippen molar-refractivity contribution in [2.75, 3.05) is 0 Å². The first-order valence-corrected chi connectivity index (χ1v) is 8.37. The molecule has 1 N–H and O–H groups in total. The van der Waals surface area contributed by atoms with Gasteiger partial charge >= 0.3 is 0 Å². The minimum atomic E-state index is 0.358. The molecule has 0 spiro atoms. The van der Waals surface area contributed by atoms with Crippen molar-refractivity contribution in [1.29, 1.82) is 0 Å².